The van der Waals surface area contributed by atoms with E-state index in [1.165, 1.54) is 7.11 Å². The van der Waals surface area contributed by atoms with Gasteiger partial charge in [-0.2, -0.15) is 0 Å². The Morgan fingerprint density at radius 1 is 1.70 bits per heavy atom. The molecule has 0 aromatic heterocycles. The highest BCUT2D eigenvalue weighted by molar-refractivity contribution is 5.70. The number of carbonyl (C=O) groups is 1. The number of hydrogen-bond acceptors (Lipinski definition) is 3. The molecule has 0 spiro atoms. The van der Waals surface area contributed by atoms with Crippen molar-refractivity contribution in [3.8, 4) is 0 Å². The first-order chi connectivity index (χ1) is 4.70. The summed E-state index contributed by atoms with van der Waals surface area (Å²) in [4.78, 5) is 10.6. The Labute approximate surface area is 61.3 Å². The lowest BCUT2D eigenvalue weighted by molar-refractivity contribution is -0.151. The fourth-order valence-electron chi connectivity index (χ4n) is 0.421. The molecule has 0 aromatic rings. The van der Waals surface area contributed by atoms with Gasteiger partial charge in [-0.25, -0.2) is 4.79 Å². The molecule has 3 heteroatoms. The van der Waals surface area contributed by atoms with Gasteiger partial charge in [-0.1, -0.05) is 6.92 Å². The van der Waals surface area contributed by atoms with Crippen molar-refractivity contribution in [3.63, 3.8) is 0 Å². The molecular weight excluding hydrogens is 132 g/mol. The number of ether oxygens (including phenoxy) is 2. The molecule has 0 fully saturated rings. The summed E-state index contributed by atoms with van der Waals surface area (Å²) in [6.07, 6.45) is 0.484. The maximum atomic E-state index is 10.6. The average Bonchev–Trinajstić information content (AvgIpc) is 1.88. The van der Waals surface area contributed by atoms with Gasteiger partial charge in [0.1, 0.15) is 12.7 Å². The normalized spacial score (nSPS) is 12.7. The molecule has 0 aliphatic heterocycles. The predicted octanol–water partition coefficient (Wildman–Crippen LogP) is 0.789. The van der Waals surface area contributed by atoms with Gasteiger partial charge in [0.25, 0.3) is 0 Å². The van der Waals surface area contributed by atoms with Gasteiger partial charge in [0.15, 0.2) is 0 Å². The lowest BCUT2D eigenvalue weighted by atomic mass is 10.3. The SMILES string of the molecule is [CH2]C(CC)OC(=O)COC. The minimum Gasteiger partial charge on any atom is -0.461 e. The number of carbonyl (C=O) groups excluding carboxylic acids is 1. The lowest BCUT2D eigenvalue weighted by Crippen LogP contribution is -2.17. The fourth-order valence-corrected chi connectivity index (χ4v) is 0.421. The van der Waals surface area contributed by atoms with Gasteiger partial charge in [0.05, 0.1) is 0 Å². The molecule has 10 heavy (non-hydrogen) atoms. The molecular formula is C7H13O3. The Balaban J connectivity index is 3.37. The summed E-state index contributed by atoms with van der Waals surface area (Å²) >= 11 is 0. The minimum atomic E-state index is -0.357. The highest BCUT2D eigenvalue weighted by atomic mass is 16.6. The maximum absolute atomic E-state index is 10.6. The van der Waals surface area contributed by atoms with Crippen LogP contribution in [-0.2, 0) is 14.3 Å². The third-order valence-corrected chi connectivity index (χ3v) is 1.02. The Morgan fingerprint density at radius 2 is 2.30 bits per heavy atom. The van der Waals surface area contributed by atoms with Gasteiger partial charge in [0, 0.05) is 7.11 Å². The maximum Gasteiger partial charge on any atom is 0.332 e. The summed E-state index contributed by atoms with van der Waals surface area (Å²) in [6.45, 7) is 5.49. The Kier molecular flexibility index (Phi) is 4.94. The van der Waals surface area contributed by atoms with E-state index in [4.69, 9.17) is 4.74 Å². The molecule has 1 unspecified atom stereocenters. The molecule has 1 atom stereocenters. The average molecular weight is 145 g/mol. The molecule has 0 bridgehead atoms. The number of rotatable bonds is 4. The van der Waals surface area contributed by atoms with E-state index in [-0.39, 0.29) is 18.7 Å². The van der Waals surface area contributed by atoms with Crippen LogP contribution in [0.4, 0.5) is 0 Å². The van der Waals surface area contributed by atoms with Crippen molar-refractivity contribution in [1.82, 2.24) is 0 Å². The Hall–Kier alpha value is -0.570. The summed E-state index contributed by atoms with van der Waals surface area (Å²) in [7, 11) is 1.45. The quantitative estimate of drug-likeness (QED) is 0.548. The largest absolute Gasteiger partial charge is 0.461 e. The summed E-state index contributed by atoms with van der Waals surface area (Å²) in [5, 5.41) is 0. The first-order valence-electron chi connectivity index (χ1n) is 3.22. The molecule has 0 amide bonds. The molecule has 0 rings (SSSR count). The van der Waals surface area contributed by atoms with Crippen LogP contribution in [0.15, 0.2) is 0 Å². The van der Waals surface area contributed by atoms with E-state index in [0.29, 0.717) is 0 Å². The van der Waals surface area contributed by atoms with Crippen molar-refractivity contribution in [1.29, 1.82) is 0 Å². The number of esters is 1. The Morgan fingerprint density at radius 3 is 2.70 bits per heavy atom. The van der Waals surface area contributed by atoms with Crippen LogP contribution in [0.5, 0.6) is 0 Å². The third kappa shape index (κ3) is 4.32. The number of hydrogen-bond donors (Lipinski definition) is 0. The van der Waals surface area contributed by atoms with E-state index in [2.05, 4.69) is 11.7 Å². The van der Waals surface area contributed by atoms with Crippen LogP contribution in [0.3, 0.4) is 0 Å². The zero-order valence-corrected chi connectivity index (χ0v) is 6.42. The summed E-state index contributed by atoms with van der Waals surface area (Å²) in [6, 6.07) is 0. The molecule has 1 radical (unpaired) electrons. The highest BCUT2D eigenvalue weighted by Crippen LogP contribution is 1.95. The zero-order valence-electron chi connectivity index (χ0n) is 6.42. The summed E-state index contributed by atoms with van der Waals surface area (Å²) in [5.74, 6) is -0.357. The summed E-state index contributed by atoms with van der Waals surface area (Å²) in [5.41, 5.74) is 0. The molecule has 0 aliphatic carbocycles. The van der Waals surface area contributed by atoms with E-state index in [0.717, 1.165) is 6.42 Å². The first kappa shape index (κ1) is 9.43. The second kappa shape index (κ2) is 5.23. The zero-order chi connectivity index (χ0) is 7.98. The van der Waals surface area contributed by atoms with Crippen molar-refractivity contribution in [2.75, 3.05) is 13.7 Å². The van der Waals surface area contributed by atoms with Crippen LogP contribution < -0.4 is 0 Å². The van der Waals surface area contributed by atoms with E-state index in [1.807, 2.05) is 6.92 Å². The standard InChI is InChI=1S/C7H13O3/c1-4-6(2)10-7(8)5-9-3/h6H,2,4-5H2,1,3H3. The second-order valence-corrected chi connectivity index (χ2v) is 1.95. The van der Waals surface area contributed by atoms with Crippen LogP contribution in [0, 0.1) is 6.92 Å². The monoisotopic (exact) mass is 145 g/mol. The van der Waals surface area contributed by atoms with Gasteiger partial charge in [-0.3, -0.25) is 0 Å². The van der Waals surface area contributed by atoms with Crippen LogP contribution in [0.1, 0.15) is 13.3 Å². The molecule has 0 heterocycles. The van der Waals surface area contributed by atoms with Crippen LogP contribution in [-0.4, -0.2) is 25.8 Å². The topological polar surface area (TPSA) is 35.5 Å². The van der Waals surface area contributed by atoms with Crippen molar-refractivity contribution in [2.45, 2.75) is 19.4 Å². The van der Waals surface area contributed by atoms with Crippen molar-refractivity contribution < 1.29 is 14.3 Å². The smallest absolute Gasteiger partial charge is 0.332 e. The molecule has 0 saturated heterocycles. The predicted molar refractivity (Wildman–Crippen MR) is 37.4 cm³/mol. The van der Waals surface area contributed by atoms with E-state index >= 15 is 0 Å². The van der Waals surface area contributed by atoms with E-state index in [9.17, 15) is 4.79 Å². The summed E-state index contributed by atoms with van der Waals surface area (Å²) < 4.78 is 9.31. The van der Waals surface area contributed by atoms with Gasteiger partial charge in [-0.05, 0) is 13.3 Å². The lowest BCUT2D eigenvalue weighted by Gasteiger charge is -2.09. The second-order valence-electron chi connectivity index (χ2n) is 1.95. The highest BCUT2D eigenvalue weighted by Gasteiger charge is 2.05. The van der Waals surface area contributed by atoms with Crippen molar-refractivity contribution in [2.24, 2.45) is 0 Å². The van der Waals surface area contributed by atoms with Gasteiger partial charge in [-0.15, -0.1) is 0 Å². The third-order valence-electron chi connectivity index (χ3n) is 1.02. The first-order valence-corrected chi connectivity index (χ1v) is 3.22. The van der Waals surface area contributed by atoms with Crippen LogP contribution in [0.2, 0.25) is 0 Å². The van der Waals surface area contributed by atoms with Gasteiger partial charge >= 0.3 is 5.97 Å². The van der Waals surface area contributed by atoms with E-state index < -0.39 is 0 Å². The number of methoxy groups -OCH3 is 1. The molecule has 59 valence electrons. The van der Waals surface area contributed by atoms with Crippen LogP contribution >= 0.6 is 0 Å². The van der Waals surface area contributed by atoms with Gasteiger partial charge in [0.2, 0.25) is 0 Å². The Bertz CT molecular complexity index is 101. The van der Waals surface area contributed by atoms with Crippen molar-refractivity contribution in [3.05, 3.63) is 6.92 Å². The fraction of sp³-hybridized carbons (Fsp3) is 0.714. The molecule has 0 N–H and O–H groups in total. The van der Waals surface area contributed by atoms with E-state index in [1.54, 1.807) is 0 Å². The van der Waals surface area contributed by atoms with Crippen LogP contribution in [0.25, 0.3) is 0 Å². The molecule has 0 saturated carbocycles. The molecule has 0 aliphatic rings. The molecule has 0 aromatic carbocycles. The molecule has 3 nitrogen and oxygen atoms in total. The minimum absolute atomic E-state index is 0.00597. The van der Waals surface area contributed by atoms with Gasteiger partial charge < -0.3 is 9.47 Å². The van der Waals surface area contributed by atoms with Crippen molar-refractivity contribution >= 4 is 5.97 Å².